The molecule has 1 aromatic carbocycles. The summed E-state index contributed by atoms with van der Waals surface area (Å²) in [6, 6.07) is 5.64. The molecular formula is C13H12ClN3O. The van der Waals surface area contributed by atoms with Crippen LogP contribution in [0.2, 0.25) is 5.15 Å². The van der Waals surface area contributed by atoms with Crippen molar-refractivity contribution in [2.45, 2.75) is 13.8 Å². The van der Waals surface area contributed by atoms with Gasteiger partial charge in [-0.05, 0) is 25.5 Å². The Bertz CT molecular complexity index is 599. The molecule has 0 aliphatic carbocycles. The quantitative estimate of drug-likeness (QED) is 0.904. The number of aryl methyl sites for hydroxylation is 2. The number of nitrogens with zero attached hydrogens (tertiary/aromatic N) is 2. The molecule has 0 radical (unpaired) electrons. The maximum absolute atomic E-state index is 12.0. The topological polar surface area (TPSA) is 54.9 Å². The van der Waals surface area contributed by atoms with Crippen molar-refractivity contribution in [2.75, 3.05) is 5.32 Å². The molecule has 92 valence electrons. The van der Waals surface area contributed by atoms with Crippen LogP contribution >= 0.6 is 11.6 Å². The van der Waals surface area contributed by atoms with Gasteiger partial charge in [-0.25, -0.2) is 4.98 Å². The van der Waals surface area contributed by atoms with Crippen molar-refractivity contribution < 1.29 is 4.79 Å². The molecule has 5 heteroatoms. The molecule has 0 bridgehead atoms. The zero-order chi connectivity index (χ0) is 13.1. The van der Waals surface area contributed by atoms with Crippen LogP contribution in [0.25, 0.3) is 0 Å². The minimum absolute atomic E-state index is 0.218. The van der Waals surface area contributed by atoms with Gasteiger partial charge in [0.05, 0.1) is 12.4 Å². The van der Waals surface area contributed by atoms with Gasteiger partial charge >= 0.3 is 0 Å². The van der Waals surface area contributed by atoms with E-state index >= 15 is 0 Å². The van der Waals surface area contributed by atoms with Gasteiger partial charge in [0.15, 0.2) is 5.82 Å². The maximum atomic E-state index is 12.0. The summed E-state index contributed by atoms with van der Waals surface area (Å²) in [5, 5.41) is 2.91. The molecule has 1 N–H and O–H groups in total. The van der Waals surface area contributed by atoms with Crippen molar-refractivity contribution in [1.29, 1.82) is 0 Å². The molecular weight excluding hydrogens is 250 g/mol. The van der Waals surface area contributed by atoms with E-state index < -0.39 is 0 Å². The largest absolute Gasteiger partial charge is 0.305 e. The highest BCUT2D eigenvalue weighted by atomic mass is 35.5. The van der Waals surface area contributed by atoms with E-state index in [1.807, 2.05) is 26.0 Å². The zero-order valence-electron chi connectivity index (χ0n) is 10.1. The minimum Gasteiger partial charge on any atom is -0.305 e. The van der Waals surface area contributed by atoms with E-state index in [4.69, 9.17) is 11.6 Å². The van der Waals surface area contributed by atoms with Gasteiger partial charge in [-0.1, -0.05) is 29.3 Å². The van der Waals surface area contributed by atoms with Gasteiger partial charge in [-0.3, -0.25) is 9.78 Å². The average Bonchev–Trinajstić information content (AvgIpc) is 2.28. The van der Waals surface area contributed by atoms with Crippen LogP contribution in [-0.4, -0.2) is 15.9 Å². The fraction of sp³-hybridized carbons (Fsp3) is 0.154. The van der Waals surface area contributed by atoms with E-state index in [1.54, 1.807) is 6.07 Å². The number of nitrogens with one attached hydrogen (secondary N) is 1. The van der Waals surface area contributed by atoms with Crippen molar-refractivity contribution >= 4 is 23.3 Å². The van der Waals surface area contributed by atoms with Crippen molar-refractivity contribution in [1.82, 2.24) is 9.97 Å². The van der Waals surface area contributed by atoms with Crippen LogP contribution < -0.4 is 5.32 Å². The van der Waals surface area contributed by atoms with Gasteiger partial charge in [0.25, 0.3) is 5.91 Å². The SMILES string of the molecule is Cc1ccc(C(=O)Nc2cncc(Cl)n2)c(C)c1. The first kappa shape index (κ1) is 12.5. The standard InChI is InChI=1S/C13H12ClN3O/c1-8-3-4-10(9(2)5-8)13(18)17-12-7-15-6-11(14)16-12/h3-7H,1-2H3,(H,16,17,18). The fourth-order valence-corrected chi connectivity index (χ4v) is 1.80. The number of carbonyl (C=O) groups excluding carboxylic acids is 1. The lowest BCUT2D eigenvalue weighted by Gasteiger charge is -2.07. The maximum Gasteiger partial charge on any atom is 0.257 e. The van der Waals surface area contributed by atoms with Gasteiger partial charge < -0.3 is 5.32 Å². The van der Waals surface area contributed by atoms with Crippen molar-refractivity contribution in [3.05, 3.63) is 52.4 Å². The first-order chi connectivity index (χ1) is 8.56. The Balaban J connectivity index is 2.22. The molecule has 0 spiro atoms. The van der Waals surface area contributed by atoms with Crippen molar-refractivity contribution in [2.24, 2.45) is 0 Å². The van der Waals surface area contributed by atoms with Crippen LogP contribution in [0.15, 0.2) is 30.6 Å². The number of anilines is 1. The first-order valence-corrected chi connectivity index (χ1v) is 5.80. The molecule has 0 aliphatic heterocycles. The van der Waals surface area contributed by atoms with E-state index in [1.165, 1.54) is 12.4 Å². The highest BCUT2D eigenvalue weighted by Gasteiger charge is 2.10. The van der Waals surface area contributed by atoms with E-state index in [0.29, 0.717) is 11.4 Å². The third kappa shape index (κ3) is 2.84. The van der Waals surface area contributed by atoms with E-state index in [-0.39, 0.29) is 11.1 Å². The summed E-state index contributed by atoms with van der Waals surface area (Å²) < 4.78 is 0. The van der Waals surface area contributed by atoms with Crippen molar-refractivity contribution in [3.63, 3.8) is 0 Å². The Morgan fingerprint density at radius 2 is 2.06 bits per heavy atom. The van der Waals surface area contributed by atoms with Crippen LogP contribution in [0, 0.1) is 13.8 Å². The van der Waals surface area contributed by atoms with E-state index in [0.717, 1.165) is 11.1 Å². The Hall–Kier alpha value is -1.94. The number of carbonyl (C=O) groups is 1. The molecule has 0 atom stereocenters. The molecule has 1 amide bonds. The lowest BCUT2D eigenvalue weighted by Crippen LogP contribution is -2.14. The van der Waals surface area contributed by atoms with E-state index in [9.17, 15) is 4.79 Å². The van der Waals surface area contributed by atoms with Crippen LogP contribution in [0.1, 0.15) is 21.5 Å². The fourth-order valence-electron chi connectivity index (χ4n) is 1.65. The van der Waals surface area contributed by atoms with Gasteiger partial charge in [-0.15, -0.1) is 0 Å². The predicted octanol–water partition coefficient (Wildman–Crippen LogP) is 3.00. The number of halogens is 1. The van der Waals surface area contributed by atoms with Gasteiger partial charge in [0.1, 0.15) is 5.15 Å². The van der Waals surface area contributed by atoms with Crippen molar-refractivity contribution in [3.8, 4) is 0 Å². The van der Waals surface area contributed by atoms with Crippen LogP contribution in [0.5, 0.6) is 0 Å². The number of benzene rings is 1. The molecule has 0 saturated heterocycles. The summed E-state index contributed by atoms with van der Waals surface area (Å²) in [6.45, 7) is 3.88. The number of amides is 1. The van der Waals surface area contributed by atoms with Gasteiger partial charge in [0, 0.05) is 5.56 Å². The van der Waals surface area contributed by atoms with Crippen LogP contribution in [0.4, 0.5) is 5.82 Å². The Kier molecular flexibility index (Phi) is 3.58. The molecule has 1 aromatic heterocycles. The monoisotopic (exact) mass is 261 g/mol. The highest BCUT2D eigenvalue weighted by Crippen LogP contribution is 2.13. The second-order valence-corrected chi connectivity index (χ2v) is 4.39. The third-order valence-electron chi connectivity index (χ3n) is 2.47. The summed E-state index contributed by atoms with van der Waals surface area (Å²) in [4.78, 5) is 19.9. The molecule has 18 heavy (non-hydrogen) atoms. The summed E-state index contributed by atoms with van der Waals surface area (Å²) in [5.41, 5.74) is 2.65. The summed E-state index contributed by atoms with van der Waals surface area (Å²) in [6.07, 6.45) is 2.86. The third-order valence-corrected chi connectivity index (χ3v) is 2.66. The second-order valence-electron chi connectivity index (χ2n) is 4.00. The summed E-state index contributed by atoms with van der Waals surface area (Å²) in [5.74, 6) is 0.122. The normalized spacial score (nSPS) is 10.2. The Morgan fingerprint density at radius 3 is 2.72 bits per heavy atom. The lowest BCUT2D eigenvalue weighted by atomic mass is 10.1. The molecule has 1 heterocycles. The van der Waals surface area contributed by atoms with E-state index in [2.05, 4.69) is 15.3 Å². The molecule has 0 unspecified atom stereocenters. The highest BCUT2D eigenvalue weighted by molar-refractivity contribution is 6.29. The number of aromatic nitrogens is 2. The molecule has 4 nitrogen and oxygen atoms in total. The number of hydrogen-bond acceptors (Lipinski definition) is 3. The molecule has 0 saturated carbocycles. The first-order valence-electron chi connectivity index (χ1n) is 5.42. The Labute approximate surface area is 110 Å². The molecule has 2 rings (SSSR count). The van der Waals surface area contributed by atoms with Crippen LogP contribution in [-0.2, 0) is 0 Å². The zero-order valence-corrected chi connectivity index (χ0v) is 10.8. The Morgan fingerprint density at radius 1 is 1.28 bits per heavy atom. The lowest BCUT2D eigenvalue weighted by molar-refractivity contribution is 0.102. The van der Waals surface area contributed by atoms with Gasteiger partial charge in [-0.2, -0.15) is 0 Å². The van der Waals surface area contributed by atoms with Gasteiger partial charge in [0.2, 0.25) is 0 Å². The molecule has 0 aliphatic rings. The minimum atomic E-state index is -0.218. The summed E-state index contributed by atoms with van der Waals surface area (Å²) >= 11 is 5.70. The second kappa shape index (κ2) is 5.14. The average molecular weight is 262 g/mol. The summed E-state index contributed by atoms with van der Waals surface area (Å²) in [7, 11) is 0. The molecule has 2 aromatic rings. The van der Waals surface area contributed by atoms with Crippen LogP contribution in [0.3, 0.4) is 0 Å². The smallest absolute Gasteiger partial charge is 0.257 e. The molecule has 0 fully saturated rings. The number of rotatable bonds is 2. The number of hydrogen-bond donors (Lipinski definition) is 1. The predicted molar refractivity (Wildman–Crippen MR) is 70.9 cm³/mol.